The molecule has 3 fully saturated rings. The molecule has 0 spiro atoms. The van der Waals surface area contributed by atoms with E-state index in [1.807, 2.05) is 34.7 Å². The minimum atomic E-state index is -0.745. The Morgan fingerprint density at radius 2 is 2.00 bits per heavy atom. The molecular weight excluding hydrogens is 392 g/mol. The average molecular weight is 414 g/mol. The maximum absolute atomic E-state index is 12.6. The van der Waals surface area contributed by atoms with Crippen LogP contribution >= 0.6 is 12.2 Å². The monoisotopic (exact) mass is 414 g/mol. The van der Waals surface area contributed by atoms with E-state index >= 15 is 0 Å². The summed E-state index contributed by atoms with van der Waals surface area (Å²) < 4.78 is 15.0. The molecule has 3 saturated heterocycles. The van der Waals surface area contributed by atoms with E-state index in [1.54, 1.807) is 4.68 Å². The number of benzene rings is 1. The third-order valence-corrected chi connectivity index (χ3v) is 6.50. The third kappa shape index (κ3) is 3.23. The standard InChI is InChI=1S/C20H22N4O4S/c1-22-17(10-23-9-13(7-18(23)26)12-5-3-2-4-6-12)21-24(20(22)29)14-8-15(25)19-27-11-16(14)28-19/h2-6,13-14,16,19H,7-11H2,1H3/t13-,14+,16+,19+/m0/s1. The lowest BCUT2D eigenvalue weighted by Crippen LogP contribution is -2.37. The predicted octanol–water partition coefficient (Wildman–Crippen LogP) is 1.72. The minimum Gasteiger partial charge on any atom is -0.343 e. The smallest absolute Gasteiger partial charge is 0.223 e. The van der Waals surface area contributed by atoms with Gasteiger partial charge in [-0.3, -0.25) is 9.59 Å². The highest BCUT2D eigenvalue weighted by atomic mass is 32.1. The summed E-state index contributed by atoms with van der Waals surface area (Å²) in [6.45, 7) is 1.41. The number of fused-ring (bicyclic) bond motifs is 2. The first-order valence-electron chi connectivity index (χ1n) is 9.78. The second-order valence-corrected chi connectivity index (χ2v) is 8.23. The summed E-state index contributed by atoms with van der Waals surface area (Å²) in [4.78, 5) is 26.6. The van der Waals surface area contributed by atoms with Crippen LogP contribution in [0.3, 0.4) is 0 Å². The average Bonchev–Trinajstić information content (AvgIpc) is 3.40. The lowest BCUT2D eigenvalue weighted by molar-refractivity contribution is -0.156. The molecule has 0 saturated carbocycles. The predicted molar refractivity (Wildman–Crippen MR) is 105 cm³/mol. The van der Waals surface area contributed by atoms with Crippen LogP contribution in [0, 0.1) is 4.77 Å². The van der Waals surface area contributed by atoms with Gasteiger partial charge in [0.25, 0.3) is 0 Å². The second kappa shape index (κ2) is 7.16. The number of hydrogen-bond donors (Lipinski definition) is 0. The number of Topliss-reactive ketones (excluding diaryl/α,β-unsaturated/α-hetero) is 1. The van der Waals surface area contributed by atoms with Crippen LogP contribution in [-0.4, -0.2) is 56.5 Å². The van der Waals surface area contributed by atoms with E-state index in [1.165, 1.54) is 5.56 Å². The molecular formula is C20H22N4O4S. The summed E-state index contributed by atoms with van der Waals surface area (Å²) in [7, 11) is 1.84. The number of hydrogen-bond acceptors (Lipinski definition) is 6. The summed E-state index contributed by atoms with van der Waals surface area (Å²) in [5.74, 6) is 0.919. The van der Waals surface area contributed by atoms with Crippen molar-refractivity contribution in [3.63, 3.8) is 0 Å². The van der Waals surface area contributed by atoms with Gasteiger partial charge in [-0.25, -0.2) is 4.68 Å². The van der Waals surface area contributed by atoms with Crippen LogP contribution in [-0.2, 0) is 32.7 Å². The Labute approximate surface area is 173 Å². The summed E-state index contributed by atoms with van der Waals surface area (Å²) in [6.07, 6.45) is -0.187. The number of aromatic nitrogens is 3. The maximum atomic E-state index is 12.6. The first-order valence-corrected chi connectivity index (χ1v) is 10.2. The Balaban J connectivity index is 1.36. The highest BCUT2D eigenvalue weighted by Gasteiger charge is 2.45. The quantitative estimate of drug-likeness (QED) is 0.709. The van der Waals surface area contributed by atoms with Gasteiger partial charge in [0.15, 0.2) is 16.4 Å². The Kier molecular flexibility index (Phi) is 4.60. The van der Waals surface area contributed by atoms with Gasteiger partial charge in [-0.2, -0.15) is 5.10 Å². The van der Waals surface area contributed by atoms with Gasteiger partial charge in [-0.1, -0.05) is 30.3 Å². The Morgan fingerprint density at radius 1 is 1.21 bits per heavy atom. The number of ether oxygens (including phenoxy) is 2. The molecule has 152 valence electrons. The zero-order valence-corrected chi connectivity index (χ0v) is 16.9. The fourth-order valence-corrected chi connectivity index (χ4v) is 4.65. The van der Waals surface area contributed by atoms with Crippen molar-refractivity contribution >= 4 is 23.9 Å². The number of rotatable bonds is 4. The first kappa shape index (κ1) is 18.7. The van der Waals surface area contributed by atoms with Crippen molar-refractivity contribution in [2.45, 2.75) is 43.7 Å². The third-order valence-electron chi connectivity index (χ3n) is 6.04. The molecule has 0 N–H and O–H groups in total. The molecule has 3 aliphatic rings. The SMILES string of the molecule is Cn1c(CN2C[C@@H](c3ccccc3)CC2=O)nn([C@@H]2CC(=O)[C@@H]3OC[C@H]2O3)c1=S. The van der Waals surface area contributed by atoms with Crippen LogP contribution in [0.1, 0.15) is 36.2 Å². The summed E-state index contributed by atoms with van der Waals surface area (Å²) in [6, 6.07) is 9.83. The summed E-state index contributed by atoms with van der Waals surface area (Å²) >= 11 is 5.57. The molecule has 5 rings (SSSR count). The molecule has 0 unspecified atom stereocenters. The normalized spacial score (nSPS) is 29.1. The Bertz CT molecular complexity index is 1020. The van der Waals surface area contributed by atoms with Crippen molar-refractivity contribution < 1.29 is 19.1 Å². The second-order valence-electron chi connectivity index (χ2n) is 7.87. The summed E-state index contributed by atoms with van der Waals surface area (Å²) in [5, 5.41) is 4.67. The molecule has 29 heavy (non-hydrogen) atoms. The van der Waals surface area contributed by atoms with E-state index in [4.69, 9.17) is 21.7 Å². The van der Waals surface area contributed by atoms with Crippen molar-refractivity contribution in [1.29, 1.82) is 0 Å². The van der Waals surface area contributed by atoms with Crippen LogP contribution < -0.4 is 0 Å². The first-order chi connectivity index (χ1) is 14.0. The van der Waals surface area contributed by atoms with Crippen molar-refractivity contribution in [3.05, 3.63) is 46.5 Å². The fraction of sp³-hybridized carbons (Fsp3) is 0.500. The molecule has 4 atom stereocenters. The number of amides is 1. The largest absolute Gasteiger partial charge is 0.343 e. The van der Waals surface area contributed by atoms with E-state index in [0.717, 1.165) is 0 Å². The fourth-order valence-electron chi connectivity index (χ4n) is 4.36. The van der Waals surface area contributed by atoms with Gasteiger partial charge in [0.05, 0.1) is 19.2 Å². The molecule has 2 bridgehead atoms. The van der Waals surface area contributed by atoms with Crippen LogP contribution in [0.5, 0.6) is 0 Å². The van der Waals surface area contributed by atoms with Crippen LogP contribution in [0.25, 0.3) is 0 Å². The lowest BCUT2D eigenvalue weighted by Gasteiger charge is -2.26. The van der Waals surface area contributed by atoms with Crippen molar-refractivity contribution in [3.8, 4) is 0 Å². The van der Waals surface area contributed by atoms with Gasteiger partial charge >= 0.3 is 0 Å². The zero-order valence-electron chi connectivity index (χ0n) is 16.1. The van der Waals surface area contributed by atoms with Gasteiger partial charge in [-0.15, -0.1) is 0 Å². The highest BCUT2D eigenvalue weighted by molar-refractivity contribution is 7.71. The molecule has 0 radical (unpaired) electrons. The lowest BCUT2D eigenvalue weighted by atomic mass is 9.99. The van der Waals surface area contributed by atoms with Gasteiger partial charge in [0, 0.05) is 32.4 Å². The van der Waals surface area contributed by atoms with Crippen LogP contribution in [0.4, 0.5) is 0 Å². The maximum Gasteiger partial charge on any atom is 0.223 e. The number of nitrogens with zero attached hydrogens (tertiary/aromatic N) is 4. The van der Waals surface area contributed by atoms with E-state index in [0.29, 0.717) is 43.1 Å². The van der Waals surface area contributed by atoms with E-state index in [9.17, 15) is 9.59 Å². The number of likely N-dealkylation sites (tertiary alicyclic amines) is 1. The zero-order chi connectivity index (χ0) is 20.1. The molecule has 8 nitrogen and oxygen atoms in total. The van der Waals surface area contributed by atoms with Crippen LogP contribution in [0.2, 0.25) is 0 Å². The molecule has 1 aromatic heterocycles. The van der Waals surface area contributed by atoms with Crippen molar-refractivity contribution in [2.75, 3.05) is 13.2 Å². The van der Waals surface area contributed by atoms with E-state index < -0.39 is 6.29 Å². The number of carbonyl (C=O) groups excluding carboxylic acids is 2. The van der Waals surface area contributed by atoms with E-state index in [2.05, 4.69) is 17.2 Å². The Morgan fingerprint density at radius 3 is 2.79 bits per heavy atom. The summed E-state index contributed by atoms with van der Waals surface area (Å²) in [5.41, 5.74) is 1.18. The molecule has 1 aromatic carbocycles. The highest BCUT2D eigenvalue weighted by Crippen LogP contribution is 2.33. The molecule has 3 aliphatic heterocycles. The molecule has 9 heteroatoms. The van der Waals surface area contributed by atoms with Crippen LogP contribution in [0.15, 0.2) is 30.3 Å². The van der Waals surface area contributed by atoms with Crippen molar-refractivity contribution in [2.24, 2.45) is 7.05 Å². The topological polar surface area (TPSA) is 78.6 Å². The van der Waals surface area contributed by atoms with Gasteiger partial charge in [-0.05, 0) is 17.8 Å². The van der Waals surface area contributed by atoms with E-state index in [-0.39, 0.29) is 29.8 Å². The molecule has 0 aliphatic carbocycles. The Hall–Kier alpha value is -2.36. The van der Waals surface area contributed by atoms with Crippen molar-refractivity contribution in [1.82, 2.24) is 19.2 Å². The molecule has 1 amide bonds. The van der Waals surface area contributed by atoms with Gasteiger partial charge < -0.3 is 18.9 Å². The number of carbonyl (C=O) groups is 2. The minimum absolute atomic E-state index is 0.0849. The molecule has 4 heterocycles. The molecule has 2 aromatic rings. The van der Waals surface area contributed by atoms with Gasteiger partial charge in [0.1, 0.15) is 6.10 Å². The van der Waals surface area contributed by atoms with Gasteiger partial charge in [0.2, 0.25) is 12.2 Å². The number of ketones is 1.